The summed E-state index contributed by atoms with van der Waals surface area (Å²) < 4.78 is 262. The van der Waals surface area contributed by atoms with Crippen molar-refractivity contribution in [1.82, 2.24) is 0 Å². The van der Waals surface area contributed by atoms with Gasteiger partial charge in [-0.1, -0.05) is 209 Å². The van der Waals surface area contributed by atoms with Crippen molar-refractivity contribution in [1.29, 1.82) is 0 Å². The SMILES string of the molecule is CC.CC.CC.CC.CCOC(F)(F)C(F)(C(F)(F)F)C(F)(F)F.CCOC(F)(F)C1CCCCC1.CCOC1CCCCC1.CCOC1CCCCC1.COC(F)(F)C1CCCCC1.COC(F)(F)C1CCCCC1.COC(F)(F)F.COC1CCCCC1.COC1CCCCC1.COC1CCCCC1. The summed E-state index contributed by atoms with van der Waals surface area (Å²) in [6.07, 6.45) is 16.4. The first-order valence-corrected chi connectivity index (χ1v) is 40.2. The fraction of sp³-hybridized carbons (Fsp3) is 1.00. The third kappa shape index (κ3) is 56.5. The van der Waals surface area contributed by atoms with Gasteiger partial charge in [0.15, 0.2) is 0 Å². The lowest BCUT2D eigenvalue weighted by Gasteiger charge is -2.35. The predicted molar refractivity (Wildman–Crippen MR) is 390 cm³/mol. The quantitative estimate of drug-likeness (QED) is 0.131. The Bertz CT molecular complexity index is 1670. The summed E-state index contributed by atoms with van der Waals surface area (Å²) in [7, 11) is 8.19. The molecule has 0 saturated heterocycles. The molecular weight excluding hydrogens is 1440 g/mol. The Morgan fingerprint density at radius 1 is 0.236 bits per heavy atom. The molecule has 8 fully saturated rings. The average Bonchev–Trinajstić information content (AvgIpc) is 0.735. The van der Waals surface area contributed by atoms with Crippen molar-refractivity contribution in [2.24, 2.45) is 17.8 Å². The molecule has 106 heavy (non-hydrogen) atoms. The summed E-state index contributed by atoms with van der Waals surface area (Å²) in [6, 6.07) is 0. The molecule has 0 aromatic rings. The van der Waals surface area contributed by atoms with Crippen LogP contribution in [0.4, 0.5) is 79.0 Å². The van der Waals surface area contributed by atoms with Gasteiger partial charge in [-0.2, -0.15) is 61.5 Å². The van der Waals surface area contributed by atoms with Gasteiger partial charge in [0.2, 0.25) is 0 Å². The minimum absolute atomic E-state index is 0.101. The van der Waals surface area contributed by atoms with Crippen LogP contribution in [0.5, 0.6) is 0 Å². The number of methoxy groups -OCH3 is 6. The maximum absolute atomic E-state index is 13.1. The highest BCUT2D eigenvalue weighted by atomic mass is 19.4. The van der Waals surface area contributed by atoms with Crippen LogP contribution in [-0.4, -0.2) is 148 Å². The third-order valence-corrected chi connectivity index (χ3v) is 18.4. The van der Waals surface area contributed by atoms with Gasteiger partial charge in [0.05, 0.1) is 61.5 Å². The van der Waals surface area contributed by atoms with Crippen molar-refractivity contribution in [3.05, 3.63) is 0 Å². The van der Waals surface area contributed by atoms with E-state index in [0.717, 1.165) is 85.2 Å². The summed E-state index contributed by atoms with van der Waals surface area (Å²) in [5, 5.41) is 0. The Labute approximate surface area is 630 Å². The molecule has 8 aliphatic carbocycles. The lowest BCUT2D eigenvalue weighted by molar-refractivity contribution is -0.448. The van der Waals surface area contributed by atoms with E-state index in [0.29, 0.717) is 83.1 Å². The second-order valence-electron chi connectivity index (χ2n) is 25.7. The molecule has 0 atom stereocenters. The highest BCUT2D eigenvalue weighted by molar-refractivity contribution is 5.01. The fourth-order valence-electron chi connectivity index (χ4n) is 12.6. The van der Waals surface area contributed by atoms with E-state index in [9.17, 15) is 79.0 Å². The maximum Gasteiger partial charge on any atom is 0.522 e. The Morgan fingerprint density at radius 2 is 0.425 bits per heavy atom. The molecule has 8 saturated carbocycles. The van der Waals surface area contributed by atoms with Gasteiger partial charge in [0.25, 0.3) is 0 Å². The van der Waals surface area contributed by atoms with Gasteiger partial charge in [0, 0.05) is 55.9 Å². The molecule has 0 heterocycles. The van der Waals surface area contributed by atoms with E-state index in [1.165, 1.54) is 161 Å². The number of ether oxygens (including phenoxy) is 10. The van der Waals surface area contributed by atoms with E-state index >= 15 is 0 Å². The smallest absolute Gasteiger partial charge is 0.381 e. The molecule has 0 aliphatic heterocycles. The number of hydrogen-bond acceptors (Lipinski definition) is 10. The van der Waals surface area contributed by atoms with E-state index in [1.807, 2.05) is 76.7 Å². The Kier molecular flexibility index (Phi) is 76.1. The van der Waals surface area contributed by atoms with Crippen LogP contribution in [0.2, 0.25) is 0 Å². The Hall–Kier alpha value is -1.66. The van der Waals surface area contributed by atoms with Crippen molar-refractivity contribution >= 4 is 0 Å². The van der Waals surface area contributed by atoms with Gasteiger partial charge in [-0.15, -0.1) is 13.2 Å². The summed E-state index contributed by atoms with van der Waals surface area (Å²) in [4.78, 5) is 0. The van der Waals surface area contributed by atoms with Crippen LogP contribution < -0.4 is 0 Å². The van der Waals surface area contributed by atoms with E-state index in [-0.39, 0.29) is 6.61 Å². The van der Waals surface area contributed by atoms with Gasteiger partial charge >= 0.3 is 48.8 Å². The van der Waals surface area contributed by atoms with Crippen LogP contribution in [0, 0.1) is 17.8 Å². The zero-order valence-electron chi connectivity index (χ0n) is 68.6. The molecule has 0 aromatic carbocycles. The second-order valence-corrected chi connectivity index (χ2v) is 25.7. The molecule has 0 spiro atoms. The molecule has 0 radical (unpaired) electrons. The van der Waals surface area contributed by atoms with Gasteiger partial charge in [-0.25, -0.2) is 4.39 Å². The highest BCUT2D eigenvalue weighted by Crippen LogP contribution is 2.55. The van der Waals surface area contributed by atoms with Crippen LogP contribution in [0.15, 0.2) is 0 Å². The molecule has 0 unspecified atom stereocenters. The first-order chi connectivity index (χ1) is 50.0. The van der Waals surface area contributed by atoms with Gasteiger partial charge in [0.1, 0.15) is 0 Å². The van der Waals surface area contributed by atoms with Crippen molar-refractivity contribution in [3.8, 4) is 0 Å². The van der Waals surface area contributed by atoms with E-state index in [1.54, 1.807) is 6.92 Å². The zero-order chi connectivity index (χ0) is 82.8. The van der Waals surface area contributed by atoms with Crippen molar-refractivity contribution in [2.75, 3.05) is 69.1 Å². The normalized spacial score (nSPS) is 19.4. The first-order valence-electron chi connectivity index (χ1n) is 40.2. The monoisotopic (exact) mass is 1590 g/mol. The van der Waals surface area contributed by atoms with Crippen LogP contribution in [0.25, 0.3) is 0 Å². The largest absolute Gasteiger partial charge is 0.522 e. The molecule has 8 aliphatic rings. The van der Waals surface area contributed by atoms with Crippen LogP contribution in [0.1, 0.15) is 340 Å². The van der Waals surface area contributed by atoms with Gasteiger partial charge < -0.3 is 42.6 Å². The molecule has 0 N–H and O–H groups in total. The topological polar surface area (TPSA) is 92.3 Å². The summed E-state index contributed by atoms with van der Waals surface area (Å²) >= 11 is 0. The van der Waals surface area contributed by atoms with Crippen molar-refractivity contribution < 1.29 is 126 Å². The summed E-state index contributed by atoms with van der Waals surface area (Å²) in [5.41, 5.74) is -6.73. The minimum Gasteiger partial charge on any atom is -0.381 e. The van der Waals surface area contributed by atoms with Crippen molar-refractivity contribution in [3.63, 3.8) is 0 Å². The molecule has 8 rings (SSSR count). The summed E-state index contributed by atoms with van der Waals surface area (Å²) in [5.74, 6) is -1.62. The molecule has 0 bridgehead atoms. The highest BCUT2D eigenvalue weighted by Gasteiger charge is 2.85. The molecule has 0 aromatic heterocycles. The standard InChI is InChI=1S/C9H16F2O.2C8H14F2O.2C8H16O.3C7H14O.C6H5F9O.C2H3F3O.4C2H6/c1-2-12-9(10,11)8-6-4-3-5-7-8;2*1-11-8(9,10)7-5-3-2-4-6-7;2*1-2-9-8-6-4-3-5-7-8;3*1-8-7-5-3-2-4-6-7;1-2-16-6(14,15)3(7,4(8,9)10)5(11,12)13;1-6-2(3,4)5;4*1-2/h8H,2-7H2,1H3;2*7H,2-6H2,1H3;2*8H,2-7H2,1H3;3*7H,2-6H2,1H3;2H2,1H3;1H3;4*1-2H3. The second kappa shape index (κ2) is 70.0. The minimum atomic E-state index is -6.84. The number of halogens is 18. The maximum atomic E-state index is 13.1. The van der Waals surface area contributed by atoms with Crippen LogP contribution in [-0.2, 0) is 47.4 Å². The number of rotatable bonds is 17. The molecule has 10 nitrogen and oxygen atoms in total. The third-order valence-electron chi connectivity index (χ3n) is 18.4. The van der Waals surface area contributed by atoms with E-state index in [2.05, 4.69) is 37.5 Å². The summed E-state index contributed by atoms with van der Waals surface area (Å²) in [6.45, 7) is 23.1. The molecular formula is C78H150F18O10. The Morgan fingerprint density at radius 3 is 0.575 bits per heavy atom. The Balaban J connectivity index is -0.000000261. The van der Waals surface area contributed by atoms with Gasteiger partial charge in [-0.05, 0) is 130 Å². The zero-order valence-corrected chi connectivity index (χ0v) is 68.6. The molecule has 0 amide bonds. The van der Waals surface area contributed by atoms with E-state index in [4.69, 9.17) is 23.7 Å². The van der Waals surface area contributed by atoms with Gasteiger partial charge in [-0.3, -0.25) is 4.74 Å². The first kappa shape index (κ1) is 115. The molecule has 648 valence electrons. The average molecular weight is 1590 g/mol. The number of hydrogen-bond donors (Lipinski definition) is 0. The number of alkyl halides is 18. The van der Waals surface area contributed by atoms with Crippen LogP contribution in [0.3, 0.4) is 0 Å². The van der Waals surface area contributed by atoms with E-state index < -0.39 is 73.2 Å². The van der Waals surface area contributed by atoms with Crippen molar-refractivity contribution in [2.45, 2.75) is 419 Å². The lowest BCUT2D eigenvalue weighted by Crippen LogP contribution is -2.65. The van der Waals surface area contributed by atoms with Crippen LogP contribution >= 0.6 is 0 Å². The lowest BCUT2D eigenvalue weighted by atomic mass is 9.88. The molecule has 28 heteroatoms. The predicted octanol–water partition coefficient (Wildman–Crippen LogP) is 28.1. The fourth-order valence-corrected chi connectivity index (χ4v) is 12.6.